The first-order chi connectivity index (χ1) is 14.5. The molecule has 4 rings (SSSR count). The van der Waals surface area contributed by atoms with Gasteiger partial charge in [0.25, 0.3) is 5.91 Å². The van der Waals surface area contributed by atoms with E-state index in [1.54, 1.807) is 21.7 Å². The number of nitrogens with zero attached hydrogens (tertiary/aromatic N) is 3. The molecule has 1 aliphatic rings. The average Bonchev–Trinajstić information content (AvgIpc) is 3.32. The predicted octanol–water partition coefficient (Wildman–Crippen LogP) is 3.63. The molecular formula is C23H24N4O3. The van der Waals surface area contributed by atoms with Crippen molar-refractivity contribution in [2.24, 2.45) is 0 Å². The molecule has 2 aromatic carbocycles. The number of anilines is 2. The predicted molar refractivity (Wildman–Crippen MR) is 115 cm³/mol. The molecule has 1 fully saturated rings. The van der Waals surface area contributed by atoms with Crippen molar-refractivity contribution < 1.29 is 14.3 Å². The Hall–Kier alpha value is -3.61. The van der Waals surface area contributed by atoms with Gasteiger partial charge in [0.2, 0.25) is 5.91 Å². The number of benzene rings is 2. The van der Waals surface area contributed by atoms with Crippen LogP contribution in [0.15, 0.2) is 54.6 Å². The highest BCUT2D eigenvalue weighted by Crippen LogP contribution is 2.25. The highest BCUT2D eigenvalue weighted by atomic mass is 16.5. The van der Waals surface area contributed by atoms with Crippen LogP contribution in [0.25, 0.3) is 5.69 Å². The number of rotatable bonds is 6. The Morgan fingerprint density at radius 2 is 1.90 bits per heavy atom. The zero-order chi connectivity index (χ0) is 21.1. The maximum absolute atomic E-state index is 12.5. The second-order valence-electron chi connectivity index (χ2n) is 7.40. The van der Waals surface area contributed by atoms with E-state index in [-0.39, 0.29) is 18.4 Å². The van der Waals surface area contributed by atoms with Crippen molar-refractivity contribution in [2.45, 2.75) is 26.7 Å². The third-order valence-corrected chi connectivity index (χ3v) is 4.95. The van der Waals surface area contributed by atoms with Crippen molar-refractivity contribution in [1.82, 2.24) is 9.78 Å². The van der Waals surface area contributed by atoms with Crippen molar-refractivity contribution in [3.63, 3.8) is 0 Å². The Kier molecular flexibility index (Phi) is 5.52. The maximum atomic E-state index is 12.5. The maximum Gasteiger partial charge on any atom is 0.263 e. The summed E-state index contributed by atoms with van der Waals surface area (Å²) >= 11 is 0. The normalized spacial score (nSPS) is 13.5. The van der Waals surface area contributed by atoms with Gasteiger partial charge in [0.15, 0.2) is 6.61 Å². The Morgan fingerprint density at radius 1 is 1.10 bits per heavy atom. The zero-order valence-corrected chi connectivity index (χ0v) is 17.1. The van der Waals surface area contributed by atoms with Gasteiger partial charge in [-0.25, -0.2) is 4.68 Å². The van der Waals surface area contributed by atoms with Gasteiger partial charge in [-0.05, 0) is 44.5 Å². The van der Waals surface area contributed by atoms with Crippen molar-refractivity contribution >= 4 is 23.3 Å². The van der Waals surface area contributed by atoms with Crippen LogP contribution in [0.2, 0.25) is 0 Å². The molecule has 7 heteroatoms. The lowest BCUT2D eigenvalue weighted by Gasteiger charge is -2.16. The second kappa shape index (κ2) is 8.41. The summed E-state index contributed by atoms with van der Waals surface area (Å²) in [6, 6.07) is 17.0. The van der Waals surface area contributed by atoms with E-state index in [1.165, 1.54) is 0 Å². The fraction of sp³-hybridized carbons (Fsp3) is 0.261. The van der Waals surface area contributed by atoms with Crippen LogP contribution in [0.4, 0.5) is 11.5 Å². The molecule has 154 valence electrons. The molecule has 1 aliphatic heterocycles. The summed E-state index contributed by atoms with van der Waals surface area (Å²) in [6.45, 7) is 4.47. The number of carbonyl (C=O) groups is 2. The molecule has 0 spiro atoms. The number of aromatic nitrogens is 2. The average molecular weight is 404 g/mol. The minimum atomic E-state index is -0.286. The number of carbonyl (C=O) groups excluding carboxylic acids is 2. The standard InChI is InChI=1S/C23H24N4O3/c1-16-8-10-18(11-9-16)27-21(13-17(2)25-27)24-22(28)15-30-20-6-3-5-19(14-20)26-12-4-7-23(26)29/h3,5-6,8-11,13-14H,4,7,12,15H2,1-2H3,(H,24,28). The van der Waals surface area contributed by atoms with E-state index in [1.807, 2.05) is 56.3 Å². The summed E-state index contributed by atoms with van der Waals surface area (Å²) in [5.74, 6) is 0.961. The summed E-state index contributed by atoms with van der Waals surface area (Å²) in [7, 11) is 0. The minimum absolute atomic E-state index is 0.115. The third-order valence-electron chi connectivity index (χ3n) is 4.95. The monoisotopic (exact) mass is 404 g/mol. The molecule has 7 nitrogen and oxygen atoms in total. The van der Waals surface area contributed by atoms with Crippen LogP contribution in [0.5, 0.6) is 5.75 Å². The molecule has 2 heterocycles. The quantitative estimate of drug-likeness (QED) is 0.681. The van der Waals surface area contributed by atoms with Crippen LogP contribution in [0.1, 0.15) is 24.1 Å². The van der Waals surface area contributed by atoms with E-state index in [4.69, 9.17) is 4.74 Å². The van der Waals surface area contributed by atoms with Crippen LogP contribution in [0, 0.1) is 13.8 Å². The molecule has 1 N–H and O–H groups in total. The molecule has 1 aromatic heterocycles. The van der Waals surface area contributed by atoms with E-state index in [0.717, 1.165) is 29.1 Å². The molecule has 0 aliphatic carbocycles. The third kappa shape index (κ3) is 4.35. The molecule has 0 saturated carbocycles. The van der Waals surface area contributed by atoms with Gasteiger partial charge in [0.1, 0.15) is 11.6 Å². The van der Waals surface area contributed by atoms with Gasteiger partial charge in [-0.2, -0.15) is 5.10 Å². The number of ether oxygens (including phenoxy) is 1. The van der Waals surface area contributed by atoms with Gasteiger partial charge in [-0.1, -0.05) is 23.8 Å². The summed E-state index contributed by atoms with van der Waals surface area (Å²) in [5.41, 5.74) is 3.62. The molecule has 0 unspecified atom stereocenters. The first kappa shape index (κ1) is 19.7. The Balaban J connectivity index is 1.41. The minimum Gasteiger partial charge on any atom is -0.484 e. The molecule has 30 heavy (non-hydrogen) atoms. The lowest BCUT2D eigenvalue weighted by molar-refractivity contribution is -0.118. The molecule has 3 aromatic rings. The summed E-state index contributed by atoms with van der Waals surface area (Å²) in [5, 5.41) is 7.33. The first-order valence-corrected chi connectivity index (χ1v) is 9.96. The summed E-state index contributed by atoms with van der Waals surface area (Å²) < 4.78 is 7.36. The van der Waals surface area contributed by atoms with Crippen LogP contribution < -0.4 is 15.0 Å². The van der Waals surface area contributed by atoms with E-state index in [0.29, 0.717) is 24.5 Å². The topological polar surface area (TPSA) is 76.5 Å². The number of nitrogens with one attached hydrogen (secondary N) is 1. The van der Waals surface area contributed by atoms with Gasteiger partial charge < -0.3 is 15.0 Å². The number of aryl methyl sites for hydroxylation is 2. The van der Waals surface area contributed by atoms with E-state index in [9.17, 15) is 9.59 Å². The van der Waals surface area contributed by atoms with Crippen LogP contribution in [-0.4, -0.2) is 34.7 Å². The zero-order valence-electron chi connectivity index (χ0n) is 17.1. The lowest BCUT2D eigenvalue weighted by atomic mass is 10.2. The fourth-order valence-electron chi connectivity index (χ4n) is 3.46. The van der Waals surface area contributed by atoms with Crippen molar-refractivity contribution in [2.75, 3.05) is 23.4 Å². The smallest absolute Gasteiger partial charge is 0.263 e. The van der Waals surface area contributed by atoms with Crippen LogP contribution in [0.3, 0.4) is 0 Å². The highest BCUT2D eigenvalue weighted by Gasteiger charge is 2.22. The lowest BCUT2D eigenvalue weighted by Crippen LogP contribution is -2.24. The van der Waals surface area contributed by atoms with Gasteiger partial charge >= 0.3 is 0 Å². The van der Waals surface area contributed by atoms with E-state index < -0.39 is 0 Å². The van der Waals surface area contributed by atoms with Gasteiger partial charge in [0, 0.05) is 30.8 Å². The Morgan fingerprint density at radius 3 is 2.63 bits per heavy atom. The molecule has 0 bridgehead atoms. The molecule has 1 saturated heterocycles. The number of amides is 2. The SMILES string of the molecule is Cc1ccc(-n2nc(C)cc2NC(=O)COc2cccc(N3CCCC3=O)c2)cc1. The largest absolute Gasteiger partial charge is 0.484 e. The van der Waals surface area contributed by atoms with Crippen LogP contribution >= 0.6 is 0 Å². The summed E-state index contributed by atoms with van der Waals surface area (Å²) in [6.07, 6.45) is 1.43. The molecule has 0 radical (unpaired) electrons. The fourth-order valence-corrected chi connectivity index (χ4v) is 3.46. The van der Waals surface area contributed by atoms with Crippen molar-refractivity contribution in [1.29, 1.82) is 0 Å². The number of hydrogen-bond donors (Lipinski definition) is 1. The Labute approximate surface area is 175 Å². The Bertz CT molecular complexity index is 1070. The second-order valence-corrected chi connectivity index (χ2v) is 7.40. The van der Waals surface area contributed by atoms with Crippen molar-refractivity contribution in [3.05, 3.63) is 65.9 Å². The molecular weight excluding hydrogens is 380 g/mol. The number of hydrogen-bond acceptors (Lipinski definition) is 4. The summed E-state index contributed by atoms with van der Waals surface area (Å²) in [4.78, 5) is 26.2. The van der Waals surface area contributed by atoms with Gasteiger partial charge in [0.05, 0.1) is 11.4 Å². The molecule has 2 amide bonds. The van der Waals surface area contributed by atoms with E-state index in [2.05, 4.69) is 10.4 Å². The van der Waals surface area contributed by atoms with E-state index >= 15 is 0 Å². The van der Waals surface area contributed by atoms with Crippen molar-refractivity contribution in [3.8, 4) is 11.4 Å². The molecule has 0 atom stereocenters. The first-order valence-electron chi connectivity index (χ1n) is 9.96. The van der Waals surface area contributed by atoms with Gasteiger partial charge in [-0.15, -0.1) is 0 Å². The highest BCUT2D eigenvalue weighted by molar-refractivity contribution is 5.95. The van der Waals surface area contributed by atoms with Gasteiger partial charge in [-0.3, -0.25) is 9.59 Å². The van der Waals surface area contributed by atoms with Crippen LogP contribution in [-0.2, 0) is 9.59 Å².